The van der Waals surface area contributed by atoms with Gasteiger partial charge in [0.2, 0.25) is 5.75 Å². The van der Waals surface area contributed by atoms with E-state index in [9.17, 15) is 5.11 Å². The SMILES string of the molecule is COc1cc(C=CC=CCN2CCN(C(c3ccccc3)c3ccccc3)CC2)cc(OC)c1O. The Labute approximate surface area is 208 Å². The quantitative estimate of drug-likeness (QED) is 0.425. The Morgan fingerprint density at radius 3 is 1.86 bits per heavy atom. The third-order valence-corrected chi connectivity index (χ3v) is 6.40. The van der Waals surface area contributed by atoms with Crippen LogP contribution < -0.4 is 9.47 Å². The van der Waals surface area contributed by atoms with E-state index in [-0.39, 0.29) is 11.8 Å². The summed E-state index contributed by atoms with van der Waals surface area (Å²) in [5, 5.41) is 10.1. The molecule has 1 aliphatic heterocycles. The van der Waals surface area contributed by atoms with Gasteiger partial charge in [-0.15, -0.1) is 0 Å². The lowest BCUT2D eigenvalue weighted by Crippen LogP contribution is -2.47. The number of rotatable bonds is 9. The number of allylic oxidation sites excluding steroid dienone is 2. The van der Waals surface area contributed by atoms with Gasteiger partial charge in [-0.25, -0.2) is 0 Å². The van der Waals surface area contributed by atoms with Gasteiger partial charge in [0.15, 0.2) is 11.5 Å². The van der Waals surface area contributed by atoms with E-state index in [1.54, 1.807) is 12.1 Å². The van der Waals surface area contributed by atoms with Crippen LogP contribution in [-0.2, 0) is 0 Å². The standard InChI is InChI=1S/C30H34N2O3/c1-34-27-22-24(23-28(35-2)30(27)33)12-6-5-11-17-31-18-20-32(21-19-31)29(25-13-7-3-8-14-25)26-15-9-4-10-16-26/h3-16,22-23,29,33H,17-21H2,1-2H3. The van der Waals surface area contributed by atoms with Crippen LogP contribution in [0.25, 0.3) is 6.08 Å². The Morgan fingerprint density at radius 2 is 1.34 bits per heavy atom. The molecule has 0 unspecified atom stereocenters. The van der Waals surface area contributed by atoms with Gasteiger partial charge in [0.05, 0.1) is 20.3 Å². The Morgan fingerprint density at radius 1 is 0.800 bits per heavy atom. The molecule has 4 rings (SSSR count). The van der Waals surface area contributed by atoms with Crippen LogP contribution in [0, 0.1) is 0 Å². The van der Waals surface area contributed by atoms with Gasteiger partial charge >= 0.3 is 0 Å². The van der Waals surface area contributed by atoms with Crippen LogP contribution in [-0.4, -0.2) is 61.8 Å². The second kappa shape index (κ2) is 12.2. The van der Waals surface area contributed by atoms with E-state index in [0.717, 1.165) is 38.3 Å². The summed E-state index contributed by atoms with van der Waals surface area (Å²) in [5.41, 5.74) is 3.60. The summed E-state index contributed by atoms with van der Waals surface area (Å²) in [6.07, 6.45) is 8.23. The summed E-state index contributed by atoms with van der Waals surface area (Å²) in [4.78, 5) is 5.08. The van der Waals surface area contributed by atoms with Gasteiger partial charge in [-0.3, -0.25) is 9.80 Å². The molecule has 5 nitrogen and oxygen atoms in total. The summed E-state index contributed by atoms with van der Waals surface area (Å²) >= 11 is 0. The zero-order valence-corrected chi connectivity index (χ0v) is 20.5. The predicted molar refractivity (Wildman–Crippen MR) is 142 cm³/mol. The van der Waals surface area contributed by atoms with E-state index < -0.39 is 0 Å². The molecule has 3 aromatic rings. The van der Waals surface area contributed by atoms with E-state index in [1.807, 2.05) is 12.2 Å². The number of ether oxygens (including phenoxy) is 2. The van der Waals surface area contributed by atoms with Gasteiger partial charge in [0.25, 0.3) is 0 Å². The fourth-order valence-corrected chi connectivity index (χ4v) is 4.55. The van der Waals surface area contributed by atoms with Crippen molar-refractivity contribution in [3.8, 4) is 17.2 Å². The Bertz CT molecular complexity index is 1060. The van der Waals surface area contributed by atoms with Crippen LogP contribution >= 0.6 is 0 Å². The first-order valence-electron chi connectivity index (χ1n) is 12.0. The number of piperazine rings is 1. The van der Waals surface area contributed by atoms with Crippen LogP contribution in [0.1, 0.15) is 22.7 Å². The predicted octanol–water partition coefficient (Wildman–Crippen LogP) is 5.39. The first-order valence-corrected chi connectivity index (χ1v) is 12.0. The second-order valence-corrected chi connectivity index (χ2v) is 8.62. The third-order valence-electron chi connectivity index (χ3n) is 6.40. The molecule has 0 saturated carbocycles. The minimum Gasteiger partial charge on any atom is -0.502 e. The number of aromatic hydroxyl groups is 1. The van der Waals surface area contributed by atoms with Gasteiger partial charge in [-0.05, 0) is 28.8 Å². The Hall–Kier alpha value is -3.54. The summed E-state index contributed by atoms with van der Waals surface area (Å²) in [5.74, 6) is 0.814. The van der Waals surface area contributed by atoms with Crippen LogP contribution in [0.2, 0.25) is 0 Å². The molecule has 1 aliphatic rings. The summed E-state index contributed by atoms with van der Waals surface area (Å²) < 4.78 is 10.4. The number of benzene rings is 3. The topological polar surface area (TPSA) is 45.2 Å². The van der Waals surface area contributed by atoms with Gasteiger partial charge in [0, 0.05) is 32.7 Å². The number of methoxy groups -OCH3 is 2. The molecular weight excluding hydrogens is 436 g/mol. The van der Waals surface area contributed by atoms with Crippen LogP contribution in [0.15, 0.2) is 91.0 Å². The summed E-state index contributed by atoms with van der Waals surface area (Å²) in [6, 6.07) is 25.5. The molecule has 1 fully saturated rings. The molecule has 0 amide bonds. The van der Waals surface area contributed by atoms with Crippen molar-refractivity contribution in [3.63, 3.8) is 0 Å². The van der Waals surface area contributed by atoms with Crippen molar-refractivity contribution in [1.29, 1.82) is 0 Å². The van der Waals surface area contributed by atoms with Gasteiger partial charge in [0.1, 0.15) is 0 Å². The number of phenols is 1. The number of hydrogen-bond acceptors (Lipinski definition) is 5. The second-order valence-electron chi connectivity index (χ2n) is 8.62. The van der Waals surface area contributed by atoms with Crippen molar-refractivity contribution >= 4 is 6.08 Å². The monoisotopic (exact) mass is 470 g/mol. The molecular formula is C30H34N2O3. The highest BCUT2D eigenvalue weighted by Crippen LogP contribution is 2.37. The van der Waals surface area contributed by atoms with E-state index >= 15 is 0 Å². The number of phenolic OH excluding ortho intramolecular Hbond substituents is 1. The molecule has 35 heavy (non-hydrogen) atoms. The normalized spacial score (nSPS) is 15.3. The Balaban J connectivity index is 1.33. The average molecular weight is 471 g/mol. The molecule has 1 heterocycles. The van der Waals surface area contributed by atoms with E-state index in [2.05, 4.69) is 82.6 Å². The lowest BCUT2D eigenvalue weighted by atomic mass is 9.96. The van der Waals surface area contributed by atoms with Gasteiger partial charge in [-0.1, -0.05) is 85.0 Å². The number of hydrogen-bond donors (Lipinski definition) is 1. The highest BCUT2D eigenvalue weighted by molar-refractivity contribution is 5.62. The van der Waals surface area contributed by atoms with Gasteiger partial charge < -0.3 is 14.6 Å². The molecule has 3 aromatic carbocycles. The van der Waals surface area contributed by atoms with Crippen molar-refractivity contribution < 1.29 is 14.6 Å². The minimum atomic E-state index is 0.0172. The fraction of sp³-hybridized carbons (Fsp3) is 0.267. The van der Waals surface area contributed by atoms with E-state index in [4.69, 9.17) is 9.47 Å². The van der Waals surface area contributed by atoms with Crippen molar-refractivity contribution in [2.75, 3.05) is 46.9 Å². The maximum Gasteiger partial charge on any atom is 0.200 e. The first kappa shape index (κ1) is 24.6. The number of nitrogens with zero attached hydrogens (tertiary/aromatic N) is 2. The smallest absolute Gasteiger partial charge is 0.200 e. The molecule has 1 saturated heterocycles. The van der Waals surface area contributed by atoms with Crippen molar-refractivity contribution in [2.24, 2.45) is 0 Å². The molecule has 1 N–H and O–H groups in total. The lowest BCUT2D eigenvalue weighted by molar-refractivity contribution is 0.117. The molecule has 0 radical (unpaired) electrons. The maximum absolute atomic E-state index is 10.1. The van der Waals surface area contributed by atoms with Crippen molar-refractivity contribution in [3.05, 3.63) is 108 Å². The molecule has 0 aliphatic carbocycles. The van der Waals surface area contributed by atoms with Gasteiger partial charge in [-0.2, -0.15) is 0 Å². The first-order chi connectivity index (χ1) is 17.2. The molecule has 0 atom stereocenters. The molecule has 0 bridgehead atoms. The third kappa shape index (κ3) is 6.32. The zero-order chi connectivity index (χ0) is 24.5. The molecule has 0 spiro atoms. The minimum absolute atomic E-state index is 0.0172. The maximum atomic E-state index is 10.1. The summed E-state index contributed by atoms with van der Waals surface area (Å²) in [6.45, 7) is 5.06. The lowest BCUT2D eigenvalue weighted by Gasteiger charge is -2.39. The summed E-state index contributed by atoms with van der Waals surface area (Å²) in [7, 11) is 3.06. The highest BCUT2D eigenvalue weighted by Gasteiger charge is 2.25. The fourth-order valence-electron chi connectivity index (χ4n) is 4.55. The zero-order valence-electron chi connectivity index (χ0n) is 20.5. The van der Waals surface area contributed by atoms with Crippen LogP contribution in [0.4, 0.5) is 0 Å². The van der Waals surface area contributed by atoms with Crippen LogP contribution in [0.5, 0.6) is 17.2 Å². The molecule has 182 valence electrons. The van der Waals surface area contributed by atoms with Crippen molar-refractivity contribution in [1.82, 2.24) is 9.80 Å². The molecule has 5 heteroatoms. The molecule has 0 aromatic heterocycles. The van der Waals surface area contributed by atoms with Crippen LogP contribution in [0.3, 0.4) is 0 Å². The Kier molecular flexibility index (Phi) is 8.60. The van der Waals surface area contributed by atoms with E-state index in [0.29, 0.717) is 11.5 Å². The highest BCUT2D eigenvalue weighted by atomic mass is 16.5. The van der Waals surface area contributed by atoms with E-state index in [1.165, 1.54) is 25.3 Å². The largest absolute Gasteiger partial charge is 0.502 e. The average Bonchev–Trinajstić information content (AvgIpc) is 2.91. The van der Waals surface area contributed by atoms with Crippen molar-refractivity contribution in [2.45, 2.75) is 6.04 Å².